The third kappa shape index (κ3) is 2.65. The predicted octanol–water partition coefficient (Wildman–Crippen LogP) is 1.43. The first-order valence-corrected chi connectivity index (χ1v) is 7.32. The van der Waals surface area contributed by atoms with E-state index >= 15 is 0 Å². The van der Waals surface area contributed by atoms with Crippen LogP contribution in [0.1, 0.15) is 18.7 Å². The van der Waals surface area contributed by atoms with Crippen molar-refractivity contribution in [3.63, 3.8) is 0 Å². The van der Waals surface area contributed by atoms with Crippen LogP contribution in [0.3, 0.4) is 0 Å². The lowest BCUT2D eigenvalue weighted by molar-refractivity contribution is 0.189. The van der Waals surface area contributed by atoms with Crippen LogP contribution in [-0.4, -0.2) is 53.1 Å². The molecule has 0 aliphatic carbocycles. The minimum atomic E-state index is 0.0498. The van der Waals surface area contributed by atoms with Gasteiger partial charge in [-0.15, -0.1) is 0 Å². The molecule has 0 spiro atoms. The van der Waals surface area contributed by atoms with Gasteiger partial charge in [0.2, 0.25) is 0 Å². The number of hydrogen-bond acceptors (Lipinski definition) is 4. The zero-order valence-corrected chi connectivity index (χ0v) is 12.2. The summed E-state index contributed by atoms with van der Waals surface area (Å²) in [6.07, 6.45) is 2.09. The Bertz CT molecular complexity index is 503. The molecule has 2 aliphatic rings. The number of nitrogens with zero attached hydrogens (tertiary/aromatic N) is 4. The van der Waals surface area contributed by atoms with Gasteiger partial charge in [-0.3, -0.25) is 0 Å². The van der Waals surface area contributed by atoms with Crippen molar-refractivity contribution in [1.82, 2.24) is 20.2 Å². The van der Waals surface area contributed by atoms with Crippen LogP contribution in [0.15, 0.2) is 6.07 Å². The molecule has 0 radical (unpaired) electrons. The highest BCUT2D eigenvalue weighted by Gasteiger charge is 2.31. The van der Waals surface area contributed by atoms with E-state index in [9.17, 15) is 4.79 Å². The number of anilines is 1. The van der Waals surface area contributed by atoms with E-state index in [0.717, 1.165) is 44.8 Å². The largest absolute Gasteiger partial charge is 0.354 e. The fraction of sp³-hybridized carbons (Fsp3) is 0.615. The van der Waals surface area contributed by atoms with E-state index in [0.29, 0.717) is 11.0 Å². The third-order valence-electron chi connectivity index (χ3n) is 3.84. The SMILES string of the molecule is Cc1nc(Cl)cc(N2CCCC(N3CCNC3=O)C2)n1. The van der Waals surface area contributed by atoms with Crippen molar-refractivity contribution in [3.8, 4) is 0 Å². The normalized spacial score (nSPS) is 23.1. The molecule has 0 saturated carbocycles. The summed E-state index contributed by atoms with van der Waals surface area (Å²) in [5, 5.41) is 3.33. The molecule has 108 valence electrons. The smallest absolute Gasteiger partial charge is 0.317 e. The van der Waals surface area contributed by atoms with Gasteiger partial charge in [-0.1, -0.05) is 11.6 Å². The second-order valence-electron chi connectivity index (χ2n) is 5.26. The molecule has 1 aromatic heterocycles. The number of amides is 2. The van der Waals surface area contributed by atoms with E-state index < -0.39 is 0 Å². The lowest BCUT2D eigenvalue weighted by atomic mass is 10.0. The van der Waals surface area contributed by atoms with E-state index in [1.54, 1.807) is 6.07 Å². The Kier molecular flexibility index (Phi) is 3.65. The van der Waals surface area contributed by atoms with Crippen molar-refractivity contribution in [3.05, 3.63) is 17.0 Å². The Morgan fingerprint density at radius 2 is 2.25 bits per heavy atom. The summed E-state index contributed by atoms with van der Waals surface area (Å²) in [5.41, 5.74) is 0. The van der Waals surface area contributed by atoms with E-state index in [2.05, 4.69) is 20.2 Å². The van der Waals surface area contributed by atoms with Gasteiger partial charge in [-0.25, -0.2) is 14.8 Å². The number of carbonyl (C=O) groups excluding carboxylic acids is 1. The zero-order chi connectivity index (χ0) is 14.1. The van der Waals surface area contributed by atoms with Crippen LogP contribution >= 0.6 is 11.6 Å². The molecular formula is C13H18ClN5O. The number of rotatable bonds is 2. The number of carbonyl (C=O) groups is 1. The molecule has 6 nitrogen and oxygen atoms in total. The van der Waals surface area contributed by atoms with Gasteiger partial charge < -0.3 is 15.1 Å². The Morgan fingerprint density at radius 1 is 1.40 bits per heavy atom. The Morgan fingerprint density at radius 3 is 2.95 bits per heavy atom. The van der Waals surface area contributed by atoms with Crippen molar-refractivity contribution < 1.29 is 4.79 Å². The van der Waals surface area contributed by atoms with Crippen LogP contribution in [0.2, 0.25) is 5.15 Å². The van der Waals surface area contributed by atoms with Gasteiger partial charge in [0, 0.05) is 32.2 Å². The average molecular weight is 296 g/mol. The van der Waals surface area contributed by atoms with Gasteiger partial charge in [0.05, 0.1) is 6.04 Å². The molecule has 2 amide bonds. The molecular weight excluding hydrogens is 278 g/mol. The fourth-order valence-electron chi connectivity index (χ4n) is 2.93. The number of aryl methyl sites for hydroxylation is 1. The van der Waals surface area contributed by atoms with E-state index in [1.807, 2.05) is 11.8 Å². The number of hydrogen-bond donors (Lipinski definition) is 1. The molecule has 3 rings (SSSR count). The molecule has 2 fully saturated rings. The molecule has 2 saturated heterocycles. The molecule has 1 N–H and O–H groups in total. The highest BCUT2D eigenvalue weighted by molar-refractivity contribution is 6.29. The van der Waals surface area contributed by atoms with E-state index in [-0.39, 0.29) is 12.1 Å². The summed E-state index contributed by atoms with van der Waals surface area (Å²) in [6, 6.07) is 2.09. The monoisotopic (exact) mass is 295 g/mol. The minimum Gasteiger partial charge on any atom is -0.354 e. The molecule has 0 bridgehead atoms. The zero-order valence-electron chi connectivity index (χ0n) is 11.5. The molecule has 20 heavy (non-hydrogen) atoms. The van der Waals surface area contributed by atoms with Crippen LogP contribution in [0.5, 0.6) is 0 Å². The maximum absolute atomic E-state index is 11.8. The maximum atomic E-state index is 11.8. The maximum Gasteiger partial charge on any atom is 0.317 e. The van der Waals surface area contributed by atoms with Gasteiger partial charge >= 0.3 is 6.03 Å². The molecule has 3 heterocycles. The predicted molar refractivity (Wildman–Crippen MR) is 77.1 cm³/mol. The standard InChI is InChI=1S/C13H18ClN5O/c1-9-16-11(14)7-12(17-9)18-5-2-3-10(8-18)19-6-4-15-13(19)20/h7,10H,2-6,8H2,1H3,(H,15,20). The molecule has 0 aromatic carbocycles. The molecule has 1 atom stereocenters. The average Bonchev–Trinajstić information content (AvgIpc) is 2.84. The molecule has 1 aromatic rings. The number of piperidine rings is 1. The summed E-state index contributed by atoms with van der Waals surface area (Å²) in [7, 11) is 0. The number of halogens is 1. The fourth-order valence-corrected chi connectivity index (χ4v) is 3.15. The summed E-state index contributed by atoms with van der Waals surface area (Å²) >= 11 is 6.00. The summed E-state index contributed by atoms with van der Waals surface area (Å²) in [5.74, 6) is 1.53. The second kappa shape index (κ2) is 5.44. The lowest BCUT2D eigenvalue weighted by Crippen LogP contribution is -2.49. The van der Waals surface area contributed by atoms with Crippen LogP contribution < -0.4 is 10.2 Å². The number of urea groups is 1. The van der Waals surface area contributed by atoms with Crippen LogP contribution in [-0.2, 0) is 0 Å². The van der Waals surface area contributed by atoms with Crippen LogP contribution in [0.4, 0.5) is 10.6 Å². The molecule has 2 aliphatic heterocycles. The minimum absolute atomic E-state index is 0.0498. The highest BCUT2D eigenvalue weighted by Crippen LogP contribution is 2.23. The molecule has 7 heteroatoms. The van der Waals surface area contributed by atoms with Crippen molar-refractivity contribution in [2.75, 3.05) is 31.1 Å². The van der Waals surface area contributed by atoms with Crippen molar-refractivity contribution in [1.29, 1.82) is 0 Å². The number of nitrogens with one attached hydrogen (secondary N) is 1. The van der Waals surface area contributed by atoms with Crippen molar-refractivity contribution >= 4 is 23.4 Å². The Hall–Kier alpha value is -1.56. The van der Waals surface area contributed by atoms with Gasteiger partial charge in [0.25, 0.3) is 0 Å². The first-order valence-electron chi connectivity index (χ1n) is 6.94. The molecule has 1 unspecified atom stereocenters. The lowest BCUT2D eigenvalue weighted by Gasteiger charge is -2.37. The topological polar surface area (TPSA) is 61.4 Å². The number of aromatic nitrogens is 2. The second-order valence-corrected chi connectivity index (χ2v) is 5.65. The van der Waals surface area contributed by atoms with Gasteiger partial charge in [-0.05, 0) is 19.8 Å². The summed E-state index contributed by atoms with van der Waals surface area (Å²) < 4.78 is 0. The van der Waals surface area contributed by atoms with Gasteiger partial charge in [-0.2, -0.15) is 0 Å². The van der Waals surface area contributed by atoms with Crippen LogP contribution in [0.25, 0.3) is 0 Å². The van der Waals surface area contributed by atoms with Crippen molar-refractivity contribution in [2.24, 2.45) is 0 Å². The first-order chi connectivity index (χ1) is 9.63. The summed E-state index contributed by atoms with van der Waals surface area (Å²) in [4.78, 5) is 24.4. The highest BCUT2D eigenvalue weighted by atomic mass is 35.5. The summed E-state index contributed by atoms with van der Waals surface area (Å²) in [6.45, 7) is 5.12. The Labute approximate surface area is 123 Å². The van der Waals surface area contributed by atoms with Crippen molar-refractivity contribution in [2.45, 2.75) is 25.8 Å². The van der Waals surface area contributed by atoms with Gasteiger partial charge in [0.15, 0.2) is 0 Å². The quantitative estimate of drug-likeness (QED) is 0.839. The van der Waals surface area contributed by atoms with Crippen LogP contribution in [0, 0.1) is 6.92 Å². The first kappa shape index (κ1) is 13.4. The third-order valence-corrected chi connectivity index (χ3v) is 4.04. The Balaban J connectivity index is 1.76. The van der Waals surface area contributed by atoms with E-state index in [1.165, 1.54) is 0 Å². The van der Waals surface area contributed by atoms with E-state index in [4.69, 9.17) is 11.6 Å². The van der Waals surface area contributed by atoms with Gasteiger partial charge in [0.1, 0.15) is 16.8 Å².